The standard InChI is InChI=1S/C21H21BrN4O5S/c1-5-24-20(30-4)13-12(9-22)32-17(21(28)31-6-2)14(13)19-25-11-8-7-10(18(23)27)16(29-3)15(11)26-19/h5,7-8H,1,6,9H2,2-4H3,(H2,23,27)(H,25,26)/b24-20+. The second-order valence-corrected chi connectivity index (χ2v) is 7.94. The number of aliphatic imine (C=N–C) groups is 1. The summed E-state index contributed by atoms with van der Waals surface area (Å²) in [5.41, 5.74) is 7.69. The molecule has 0 atom stereocenters. The minimum atomic E-state index is -0.641. The molecule has 0 aliphatic heterocycles. The first-order chi connectivity index (χ1) is 15.4. The number of fused-ring (bicyclic) bond motifs is 1. The Labute approximate surface area is 196 Å². The monoisotopic (exact) mass is 520 g/mol. The van der Waals surface area contributed by atoms with Crippen LogP contribution in [0.3, 0.4) is 0 Å². The van der Waals surface area contributed by atoms with Crippen molar-refractivity contribution in [3.63, 3.8) is 0 Å². The summed E-state index contributed by atoms with van der Waals surface area (Å²) in [6, 6.07) is 3.22. The second-order valence-electron chi connectivity index (χ2n) is 6.27. The van der Waals surface area contributed by atoms with E-state index < -0.39 is 11.9 Å². The molecule has 9 nitrogen and oxygen atoms in total. The van der Waals surface area contributed by atoms with Gasteiger partial charge in [0.1, 0.15) is 16.2 Å². The highest BCUT2D eigenvalue weighted by atomic mass is 79.9. The fourth-order valence-electron chi connectivity index (χ4n) is 3.24. The first-order valence-corrected chi connectivity index (χ1v) is 11.3. The highest BCUT2D eigenvalue weighted by molar-refractivity contribution is 9.08. The third kappa shape index (κ3) is 4.13. The van der Waals surface area contributed by atoms with E-state index in [0.717, 1.165) is 4.88 Å². The van der Waals surface area contributed by atoms with E-state index in [2.05, 4.69) is 37.5 Å². The van der Waals surface area contributed by atoms with Crippen molar-refractivity contribution >= 4 is 56.1 Å². The fourth-order valence-corrected chi connectivity index (χ4v) is 4.90. The molecule has 2 heterocycles. The third-order valence-electron chi connectivity index (χ3n) is 4.49. The number of nitrogens with two attached hydrogens (primary N) is 1. The van der Waals surface area contributed by atoms with Gasteiger partial charge >= 0.3 is 5.97 Å². The van der Waals surface area contributed by atoms with Crippen LogP contribution >= 0.6 is 27.3 Å². The van der Waals surface area contributed by atoms with Crippen LogP contribution in [0.25, 0.3) is 22.4 Å². The zero-order chi connectivity index (χ0) is 23.4. The zero-order valence-corrected chi connectivity index (χ0v) is 20.1. The van der Waals surface area contributed by atoms with Gasteiger partial charge in [-0.1, -0.05) is 22.5 Å². The van der Waals surface area contributed by atoms with Gasteiger partial charge in [0, 0.05) is 16.4 Å². The molecule has 32 heavy (non-hydrogen) atoms. The van der Waals surface area contributed by atoms with Gasteiger partial charge in [0.2, 0.25) is 5.90 Å². The van der Waals surface area contributed by atoms with Crippen LogP contribution < -0.4 is 10.5 Å². The molecule has 0 aliphatic carbocycles. The number of alkyl halides is 1. The van der Waals surface area contributed by atoms with Gasteiger partial charge in [0.05, 0.1) is 43.0 Å². The highest BCUT2D eigenvalue weighted by Gasteiger charge is 2.30. The molecule has 0 aliphatic rings. The van der Waals surface area contributed by atoms with Crippen LogP contribution in [0.2, 0.25) is 0 Å². The number of imidazole rings is 1. The van der Waals surface area contributed by atoms with Crippen molar-refractivity contribution in [2.24, 2.45) is 10.7 Å². The number of benzene rings is 1. The average Bonchev–Trinajstić information content (AvgIpc) is 3.37. The lowest BCUT2D eigenvalue weighted by Crippen LogP contribution is -2.12. The minimum Gasteiger partial charge on any atom is -0.494 e. The quantitative estimate of drug-likeness (QED) is 0.200. The van der Waals surface area contributed by atoms with Crippen LogP contribution in [0, 0.1) is 0 Å². The van der Waals surface area contributed by atoms with Gasteiger partial charge in [0.15, 0.2) is 5.75 Å². The van der Waals surface area contributed by atoms with E-state index in [1.807, 2.05) is 0 Å². The van der Waals surface area contributed by atoms with E-state index in [1.54, 1.807) is 19.1 Å². The van der Waals surface area contributed by atoms with Crippen molar-refractivity contribution in [2.75, 3.05) is 20.8 Å². The molecule has 168 valence electrons. The smallest absolute Gasteiger partial charge is 0.349 e. The van der Waals surface area contributed by atoms with Crippen molar-refractivity contribution in [2.45, 2.75) is 12.3 Å². The number of H-pyrrole nitrogens is 1. The van der Waals surface area contributed by atoms with Crippen molar-refractivity contribution in [1.82, 2.24) is 9.97 Å². The Balaban J connectivity index is 2.39. The molecule has 0 saturated carbocycles. The van der Waals surface area contributed by atoms with Gasteiger partial charge < -0.3 is 24.9 Å². The summed E-state index contributed by atoms with van der Waals surface area (Å²) in [6.07, 6.45) is 1.35. The number of amides is 1. The number of carbonyl (C=O) groups is 2. The number of nitrogens with one attached hydrogen (secondary N) is 1. The molecular weight excluding hydrogens is 500 g/mol. The number of carbonyl (C=O) groups excluding carboxylic acids is 2. The van der Waals surface area contributed by atoms with Gasteiger partial charge in [-0.3, -0.25) is 4.79 Å². The van der Waals surface area contributed by atoms with Gasteiger partial charge in [0.25, 0.3) is 5.91 Å². The molecule has 0 saturated heterocycles. The number of rotatable bonds is 8. The van der Waals surface area contributed by atoms with Crippen LogP contribution in [0.1, 0.15) is 37.4 Å². The molecule has 0 bridgehead atoms. The summed E-state index contributed by atoms with van der Waals surface area (Å²) >= 11 is 4.71. The van der Waals surface area contributed by atoms with E-state index in [-0.39, 0.29) is 23.8 Å². The second kappa shape index (κ2) is 9.96. The lowest BCUT2D eigenvalue weighted by atomic mass is 10.1. The van der Waals surface area contributed by atoms with Crippen molar-refractivity contribution in [1.29, 1.82) is 0 Å². The number of hydrogen-bond donors (Lipinski definition) is 2. The van der Waals surface area contributed by atoms with E-state index in [1.165, 1.54) is 31.8 Å². The van der Waals surface area contributed by atoms with Gasteiger partial charge in [-0.15, -0.1) is 11.3 Å². The number of aromatic nitrogens is 2. The molecule has 11 heteroatoms. The maximum Gasteiger partial charge on any atom is 0.349 e. The summed E-state index contributed by atoms with van der Waals surface area (Å²) in [4.78, 5) is 37.8. The molecular formula is C21H21BrN4O5S. The van der Waals surface area contributed by atoms with Gasteiger partial charge in [-0.2, -0.15) is 0 Å². The predicted octanol–water partition coefficient (Wildman–Crippen LogP) is 4.01. The molecule has 3 aromatic rings. The number of methoxy groups -OCH3 is 2. The summed E-state index contributed by atoms with van der Waals surface area (Å²) < 4.78 is 16.2. The Morgan fingerprint density at radius 2 is 2.12 bits per heavy atom. The van der Waals surface area contributed by atoms with Crippen LogP contribution in [0.5, 0.6) is 5.75 Å². The maximum absolute atomic E-state index is 12.8. The Hall–Kier alpha value is -3.18. The van der Waals surface area contributed by atoms with Gasteiger partial charge in [-0.05, 0) is 19.1 Å². The number of aromatic amines is 1. The summed E-state index contributed by atoms with van der Waals surface area (Å²) in [7, 11) is 2.91. The lowest BCUT2D eigenvalue weighted by molar-refractivity contribution is 0.0532. The number of hydrogen-bond acceptors (Lipinski definition) is 8. The number of ether oxygens (including phenoxy) is 3. The Kier molecular flexibility index (Phi) is 7.31. The van der Waals surface area contributed by atoms with Crippen LogP contribution in [0.15, 0.2) is 29.9 Å². The van der Waals surface area contributed by atoms with E-state index >= 15 is 0 Å². The number of primary amides is 1. The number of halogens is 1. The van der Waals surface area contributed by atoms with E-state index in [9.17, 15) is 9.59 Å². The van der Waals surface area contributed by atoms with Crippen molar-refractivity contribution in [3.8, 4) is 17.1 Å². The molecule has 2 aromatic heterocycles. The third-order valence-corrected chi connectivity index (χ3v) is 6.60. The summed E-state index contributed by atoms with van der Waals surface area (Å²) in [6.45, 7) is 5.58. The molecule has 1 aromatic carbocycles. The molecule has 3 rings (SSSR count). The Bertz CT molecular complexity index is 1230. The van der Waals surface area contributed by atoms with Crippen LogP contribution in [-0.4, -0.2) is 48.6 Å². The van der Waals surface area contributed by atoms with E-state index in [4.69, 9.17) is 19.9 Å². The van der Waals surface area contributed by atoms with Gasteiger partial charge in [-0.25, -0.2) is 14.8 Å². The molecule has 3 N–H and O–H groups in total. The Morgan fingerprint density at radius 3 is 2.69 bits per heavy atom. The molecule has 0 unspecified atom stereocenters. The minimum absolute atomic E-state index is 0.196. The molecule has 0 radical (unpaired) electrons. The number of nitrogens with zero attached hydrogens (tertiary/aromatic N) is 2. The normalized spacial score (nSPS) is 11.4. The topological polar surface area (TPSA) is 129 Å². The molecule has 0 fully saturated rings. The van der Waals surface area contributed by atoms with E-state index in [0.29, 0.717) is 38.2 Å². The SMILES string of the molecule is C=C/N=C(/OC)c1c(CBr)sc(C(=O)OCC)c1-c1nc2c(OC)c(C(N)=O)ccc2[nH]1. The summed E-state index contributed by atoms with van der Waals surface area (Å²) in [5, 5.41) is 0.439. The van der Waals surface area contributed by atoms with Crippen molar-refractivity contribution in [3.05, 3.63) is 45.8 Å². The predicted molar refractivity (Wildman–Crippen MR) is 127 cm³/mol. The largest absolute Gasteiger partial charge is 0.494 e. The first kappa shape index (κ1) is 23.5. The summed E-state index contributed by atoms with van der Waals surface area (Å²) in [5.74, 6) is -0.283. The highest BCUT2D eigenvalue weighted by Crippen LogP contribution is 2.40. The van der Waals surface area contributed by atoms with Crippen LogP contribution in [0.4, 0.5) is 0 Å². The molecule has 0 spiro atoms. The van der Waals surface area contributed by atoms with Crippen molar-refractivity contribution < 1.29 is 23.8 Å². The zero-order valence-electron chi connectivity index (χ0n) is 17.7. The maximum atomic E-state index is 12.8. The number of thiophene rings is 1. The molecule has 1 amide bonds. The van der Waals surface area contributed by atoms with Crippen LogP contribution in [-0.2, 0) is 14.8 Å². The average molecular weight is 521 g/mol. The first-order valence-electron chi connectivity index (χ1n) is 9.40. The Morgan fingerprint density at radius 1 is 1.38 bits per heavy atom. The number of esters is 1. The fraction of sp³-hybridized carbons (Fsp3) is 0.238. The lowest BCUT2D eigenvalue weighted by Gasteiger charge is -2.08.